The highest BCUT2D eigenvalue weighted by Crippen LogP contribution is 2.24. The Morgan fingerprint density at radius 1 is 1.44 bits per heavy atom. The quantitative estimate of drug-likeness (QED) is 0.921. The van der Waals surface area contributed by atoms with Crippen LogP contribution in [0.4, 0.5) is 0 Å². The van der Waals surface area contributed by atoms with Crippen molar-refractivity contribution in [3.63, 3.8) is 0 Å². The molecule has 1 aromatic carbocycles. The van der Waals surface area contributed by atoms with Crippen LogP contribution in [0.5, 0.6) is 0 Å². The summed E-state index contributed by atoms with van der Waals surface area (Å²) in [7, 11) is 0. The van der Waals surface area contributed by atoms with E-state index in [0.717, 1.165) is 11.1 Å². The minimum atomic E-state index is 0.518. The molecule has 1 fully saturated rings. The normalized spacial score (nSPS) is 15.0. The largest absolute Gasteiger partial charge is 0.334 e. The van der Waals surface area contributed by atoms with Crippen molar-refractivity contribution in [1.29, 1.82) is 0 Å². The van der Waals surface area contributed by atoms with Gasteiger partial charge in [0.05, 0.1) is 6.54 Å². The van der Waals surface area contributed by atoms with Crippen LogP contribution in [0.15, 0.2) is 22.7 Å². The molecule has 0 aliphatic heterocycles. The maximum atomic E-state index is 6.08. The van der Waals surface area contributed by atoms with Crippen LogP contribution in [-0.4, -0.2) is 16.2 Å². The number of aromatic nitrogens is 2. The summed E-state index contributed by atoms with van der Waals surface area (Å²) in [6.07, 6.45) is 2.50. The Bertz CT molecular complexity index is 563. The molecule has 0 atom stereocenters. The van der Waals surface area contributed by atoms with E-state index < -0.39 is 0 Å². The molecule has 1 aliphatic carbocycles. The number of nitrogens with one attached hydrogen (secondary N) is 1. The summed E-state index contributed by atoms with van der Waals surface area (Å²) < 4.78 is 5.24. The van der Waals surface area contributed by atoms with Crippen LogP contribution < -0.4 is 5.32 Å². The van der Waals surface area contributed by atoms with E-state index in [0.29, 0.717) is 29.3 Å². The van der Waals surface area contributed by atoms with Crippen molar-refractivity contribution in [2.24, 2.45) is 0 Å². The Kier molecular flexibility index (Phi) is 3.06. The van der Waals surface area contributed by atoms with Crippen molar-refractivity contribution in [3.05, 3.63) is 34.6 Å². The number of hydrogen-bond donors (Lipinski definition) is 1. The van der Waals surface area contributed by atoms with Crippen LogP contribution in [0, 0.1) is 6.92 Å². The van der Waals surface area contributed by atoms with E-state index in [1.165, 1.54) is 12.8 Å². The Balaban J connectivity index is 1.76. The molecule has 0 radical (unpaired) electrons. The maximum absolute atomic E-state index is 6.08. The molecule has 4 nitrogen and oxygen atoms in total. The lowest BCUT2D eigenvalue weighted by atomic mass is 10.1. The molecule has 1 heterocycles. The average Bonchev–Trinajstić information content (AvgIpc) is 3.08. The third-order valence-electron chi connectivity index (χ3n) is 3.01. The van der Waals surface area contributed by atoms with Gasteiger partial charge in [0.1, 0.15) is 0 Å². The molecule has 0 saturated heterocycles. The van der Waals surface area contributed by atoms with Crippen LogP contribution in [0.1, 0.15) is 24.2 Å². The third kappa shape index (κ3) is 2.54. The SMILES string of the molecule is Cc1ccc(-c2nc(CNC3CC3)no2)cc1Cl. The molecule has 5 heteroatoms. The number of benzene rings is 1. The molecule has 1 aromatic heterocycles. The van der Waals surface area contributed by atoms with Crippen molar-refractivity contribution in [2.75, 3.05) is 0 Å². The molecule has 94 valence electrons. The van der Waals surface area contributed by atoms with Gasteiger partial charge in [0.2, 0.25) is 0 Å². The second-order valence-corrected chi connectivity index (χ2v) is 5.04. The molecular formula is C13H14ClN3O. The van der Waals surface area contributed by atoms with E-state index in [1.807, 2.05) is 25.1 Å². The molecule has 2 aromatic rings. The predicted molar refractivity (Wildman–Crippen MR) is 69.3 cm³/mol. The van der Waals surface area contributed by atoms with E-state index >= 15 is 0 Å². The van der Waals surface area contributed by atoms with Crippen LogP contribution in [0.2, 0.25) is 5.02 Å². The predicted octanol–water partition coefficient (Wildman–Crippen LogP) is 2.95. The Hall–Kier alpha value is -1.39. The van der Waals surface area contributed by atoms with E-state index in [-0.39, 0.29) is 0 Å². The summed E-state index contributed by atoms with van der Waals surface area (Å²) in [5, 5.41) is 8.01. The minimum absolute atomic E-state index is 0.518. The standard InChI is InChI=1S/C13H14ClN3O/c1-8-2-3-9(6-11(8)14)13-16-12(17-18-13)7-15-10-4-5-10/h2-3,6,10,15H,4-5,7H2,1H3. The van der Waals surface area contributed by atoms with Crippen LogP contribution in [0.25, 0.3) is 11.5 Å². The van der Waals surface area contributed by atoms with Gasteiger partial charge in [-0.15, -0.1) is 0 Å². The molecule has 18 heavy (non-hydrogen) atoms. The Labute approximate surface area is 110 Å². The van der Waals surface area contributed by atoms with Crippen LogP contribution in [-0.2, 0) is 6.54 Å². The van der Waals surface area contributed by atoms with E-state index in [2.05, 4.69) is 15.5 Å². The minimum Gasteiger partial charge on any atom is -0.334 e. The van der Waals surface area contributed by atoms with Crippen molar-refractivity contribution < 1.29 is 4.52 Å². The van der Waals surface area contributed by atoms with Crippen molar-refractivity contribution >= 4 is 11.6 Å². The Morgan fingerprint density at radius 3 is 3.00 bits per heavy atom. The highest BCUT2D eigenvalue weighted by Gasteiger charge is 2.21. The lowest BCUT2D eigenvalue weighted by Gasteiger charge is -1.98. The van der Waals surface area contributed by atoms with Gasteiger partial charge in [0.15, 0.2) is 5.82 Å². The van der Waals surface area contributed by atoms with Crippen molar-refractivity contribution in [3.8, 4) is 11.5 Å². The highest BCUT2D eigenvalue weighted by molar-refractivity contribution is 6.31. The van der Waals surface area contributed by atoms with Gasteiger partial charge in [-0.3, -0.25) is 0 Å². The van der Waals surface area contributed by atoms with Gasteiger partial charge in [-0.25, -0.2) is 0 Å². The first-order valence-corrected chi connectivity index (χ1v) is 6.42. The number of hydrogen-bond acceptors (Lipinski definition) is 4. The zero-order chi connectivity index (χ0) is 12.5. The van der Waals surface area contributed by atoms with Gasteiger partial charge < -0.3 is 9.84 Å². The third-order valence-corrected chi connectivity index (χ3v) is 3.42. The van der Waals surface area contributed by atoms with Gasteiger partial charge in [0, 0.05) is 16.6 Å². The number of nitrogens with zero attached hydrogens (tertiary/aromatic N) is 2. The number of halogens is 1. The Morgan fingerprint density at radius 2 is 2.28 bits per heavy atom. The fraction of sp³-hybridized carbons (Fsp3) is 0.385. The fourth-order valence-corrected chi connectivity index (χ4v) is 1.87. The summed E-state index contributed by atoms with van der Waals surface area (Å²) >= 11 is 6.08. The molecular weight excluding hydrogens is 250 g/mol. The lowest BCUT2D eigenvalue weighted by Crippen LogP contribution is -2.16. The summed E-state index contributed by atoms with van der Waals surface area (Å²) in [5.41, 5.74) is 1.89. The van der Waals surface area contributed by atoms with Gasteiger partial charge >= 0.3 is 0 Å². The second kappa shape index (κ2) is 4.71. The molecule has 0 bridgehead atoms. The van der Waals surface area contributed by atoms with E-state index in [9.17, 15) is 0 Å². The smallest absolute Gasteiger partial charge is 0.258 e. The molecule has 0 amide bonds. The van der Waals surface area contributed by atoms with E-state index in [1.54, 1.807) is 0 Å². The zero-order valence-corrected chi connectivity index (χ0v) is 10.9. The van der Waals surface area contributed by atoms with Crippen molar-refractivity contribution in [1.82, 2.24) is 15.5 Å². The first kappa shape index (κ1) is 11.7. The van der Waals surface area contributed by atoms with Gasteiger partial charge in [-0.1, -0.05) is 22.8 Å². The molecule has 1 N–H and O–H groups in total. The number of rotatable bonds is 4. The van der Waals surface area contributed by atoms with Crippen LogP contribution >= 0.6 is 11.6 Å². The fourth-order valence-electron chi connectivity index (χ4n) is 1.69. The lowest BCUT2D eigenvalue weighted by molar-refractivity contribution is 0.419. The monoisotopic (exact) mass is 263 g/mol. The topological polar surface area (TPSA) is 51.0 Å². The molecule has 0 unspecified atom stereocenters. The second-order valence-electron chi connectivity index (χ2n) is 4.63. The average molecular weight is 264 g/mol. The summed E-state index contributed by atoms with van der Waals surface area (Å²) in [6, 6.07) is 6.38. The highest BCUT2D eigenvalue weighted by atomic mass is 35.5. The van der Waals surface area contributed by atoms with E-state index in [4.69, 9.17) is 16.1 Å². The molecule has 1 saturated carbocycles. The number of aryl methyl sites for hydroxylation is 1. The maximum Gasteiger partial charge on any atom is 0.258 e. The molecule has 1 aliphatic rings. The van der Waals surface area contributed by atoms with Gasteiger partial charge in [0.25, 0.3) is 5.89 Å². The zero-order valence-electron chi connectivity index (χ0n) is 10.1. The van der Waals surface area contributed by atoms with Crippen molar-refractivity contribution in [2.45, 2.75) is 32.4 Å². The first-order chi connectivity index (χ1) is 8.72. The summed E-state index contributed by atoms with van der Waals surface area (Å²) in [6.45, 7) is 2.62. The van der Waals surface area contributed by atoms with Gasteiger partial charge in [-0.05, 0) is 37.5 Å². The van der Waals surface area contributed by atoms with Gasteiger partial charge in [-0.2, -0.15) is 4.98 Å². The molecule has 3 rings (SSSR count). The first-order valence-electron chi connectivity index (χ1n) is 6.05. The summed E-state index contributed by atoms with van der Waals surface area (Å²) in [5.74, 6) is 1.21. The summed E-state index contributed by atoms with van der Waals surface area (Å²) in [4.78, 5) is 4.35. The molecule has 0 spiro atoms. The van der Waals surface area contributed by atoms with Crippen LogP contribution in [0.3, 0.4) is 0 Å².